The number of anilines is 1. The fraction of sp³-hybridized carbons (Fsp3) is 0.333. The second-order valence-corrected chi connectivity index (χ2v) is 5.24. The highest BCUT2D eigenvalue weighted by Crippen LogP contribution is 2.17. The topological polar surface area (TPSA) is 39.7 Å². The van der Waals surface area contributed by atoms with E-state index in [1.165, 1.54) is 0 Å². The Balaban J connectivity index is 1.64. The third-order valence-corrected chi connectivity index (χ3v) is 3.32. The van der Waals surface area contributed by atoms with Gasteiger partial charge in [-0.2, -0.15) is 0 Å². The maximum Gasteiger partial charge on any atom is 0.119 e. The van der Waals surface area contributed by atoms with E-state index in [0.717, 1.165) is 17.2 Å². The van der Waals surface area contributed by atoms with Crippen LogP contribution in [0.5, 0.6) is 11.5 Å². The van der Waals surface area contributed by atoms with Crippen molar-refractivity contribution in [2.75, 3.05) is 38.3 Å². The van der Waals surface area contributed by atoms with Gasteiger partial charge in [0, 0.05) is 23.9 Å². The summed E-state index contributed by atoms with van der Waals surface area (Å²) in [5.74, 6) is 1.65. The van der Waals surface area contributed by atoms with E-state index in [1.54, 1.807) is 0 Å². The molecule has 0 saturated heterocycles. The highest BCUT2D eigenvalue weighted by atomic mass is 35.5. The number of benzene rings is 2. The maximum absolute atomic E-state index is 5.83. The Hall–Kier alpha value is -1.91. The Bertz CT molecular complexity index is 557. The second kappa shape index (κ2) is 9.98. The van der Waals surface area contributed by atoms with Crippen molar-refractivity contribution < 1.29 is 14.2 Å². The lowest BCUT2D eigenvalue weighted by Gasteiger charge is -2.10. The molecule has 0 aliphatic rings. The molecule has 0 saturated carbocycles. The van der Waals surface area contributed by atoms with Gasteiger partial charge < -0.3 is 19.5 Å². The average Bonchev–Trinajstić information content (AvgIpc) is 2.58. The van der Waals surface area contributed by atoms with Crippen molar-refractivity contribution >= 4 is 17.3 Å². The van der Waals surface area contributed by atoms with Crippen LogP contribution < -0.4 is 14.8 Å². The van der Waals surface area contributed by atoms with Crippen molar-refractivity contribution in [3.8, 4) is 11.5 Å². The summed E-state index contributed by atoms with van der Waals surface area (Å²) in [5, 5.41) is 4.01. The maximum atomic E-state index is 5.83. The molecule has 23 heavy (non-hydrogen) atoms. The summed E-state index contributed by atoms with van der Waals surface area (Å²) in [5.41, 5.74) is 1.03. The van der Waals surface area contributed by atoms with Gasteiger partial charge in [0.1, 0.15) is 24.7 Å². The van der Waals surface area contributed by atoms with E-state index in [1.807, 2.05) is 55.5 Å². The minimum Gasteiger partial charge on any atom is -0.492 e. The molecule has 1 N–H and O–H groups in total. The van der Waals surface area contributed by atoms with Crippen LogP contribution in [0.15, 0.2) is 48.5 Å². The predicted molar refractivity (Wildman–Crippen MR) is 93.9 cm³/mol. The minimum absolute atomic E-state index is 0.565. The van der Waals surface area contributed by atoms with Gasteiger partial charge in [-0.05, 0) is 55.5 Å². The Morgan fingerprint density at radius 1 is 0.826 bits per heavy atom. The van der Waals surface area contributed by atoms with Gasteiger partial charge in [0.25, 0.3) is 0 Å². The molecule has 0 aliphatic heterocycles. The van der Waals surface area contributed by atoms with Gasteiger partial charge >= 0.3 is 0 Å². The molecule has 0 radical (unpaired) electrons. The Morgan fingerprint density at radius 2 is 1.43 bits per heavy atom. The third-order valence-electron chi connectivity index (χ3n) is 3.07. The van der Waals surface area contributed by atoms with Crippen LogP contribution in [0.25, 0.3) is 0 Å². The molecule has 2 aromatic carbocycles. The molecular formula is C18H22ClNO3. The number of hydrogen-bond acceptors (Lipinski definition) is 4. The molecule has 0 fully saturated rings. The normalized spacial score (nSPS) is 10.3. The lowest BCUT2D eigenvalue weighted by molar-refractivity contribution is 0.110. The largest absolute Gasteiger partial charge is 0.492 e. The van der Waals surface area contributed by atoms with E-state index in [0.29, 0.717) is 38.0 Å². The molecule has 0 unspecified atom stereocenters. The van der Waals surface area contributed by atoms with Crippen molar-refractivity contribution in [2.45, 2.75) is 6.92 Å². The number of ether oxygens (including phenoxy) is 3. The van der Waals surface area contributed by atoms with E-state index < -0.39 is 0 Å². The zero-order chi connectivity index (χ0) is 16.3. The fourth-order valence-corrected chi connectivity index (χ4v) is 2.05. The van der Waals surface area contributed by atoms with Gasteiger partial charge in [-0.3, -0.25) is 0 Å². The molecule has 4 nitrogen and oxygen atoms in total. The van der Waals surface area contributed by atoms with Crippen LogP contribution in [-0.4, -0.2) is 33.0 Å². The second-order valence-electron chi connectivity index (χ2n) is 4.80. The number of rotatable bonds is 10. The van der Waals surface area contributed by atoms with Crippen LogP contribution in [0, 0.1) is 0 Å². The first-order chi connectivity index (χ1) is 11.3. The van der Waals surface area contributed by atoms with E-state index in [2.05, 4.69) is 5.32 Å². The highest BCUT2D eigenvalue weighted by molar-refractivity contribution is 6.30. The number of hydrogen-bond donors (Lipinski definition) is 1. The van der Waals surface area contributed by atoms with Crippen molar-refractivity contribution in [1.29, 1.82) is 0 Å². The lowest BCUT2D eigenvalue weighted by atomic mass is 10.3. The fourth-order valence-electron chi connectivity index (χ4n) is 1.93. The monoisotopic (exact) mass is 335 g/mol. The van der Waals surface area contributed by atoms with Gasteiger partial charge in [-0.25, -0.2) is 0 Å². The van der Waals surface area contributed by atoms with Gasteiger partial charge in [-0.15, -0.1) is 0 Å². The van der Waals surface area contributed by atoms with Crippen LogP contribution in [0.4, 0.5) is 5.69 Å². The summed E-state index contributed by atoms with van der Waals surface area (Å²) in [6.07, 6.45) is 0. The minimum atomic E-state index is 0.565. The standard InChI is InChI=1S/C18H22ClNO3/c1-2-21-13-14-23-18-9-5-16(6-10-18)20-11-12-22-17-7-3-15(19)4-8-17/h3-10,20H,2,11-14H2,1H3. The molecule has 0 aliphatic carbocycles. The first-order valence-electron chi connectivity index (χ1n) is 7.71. The molecule has 0 amide bonds. The van der Waals surface area contributed by atoms with Crippen molar-refractivity contribution in [2.24, 2.45) is 0 Å². The van der Waals surface area contributed by atoms with Crippen LogP contribution in [0.3, 0.4) is 0 Å². The zero-order valence-electron chi connectivity index (χ0n) is 13.3. The first kappa shape index (κ1) is 17.4. The third kappa shape index (κ3) is 6.80. The average molecular weight is 336 g/mol. The Morgan fingerprint density at radius 3 is 2.09 bits per heavy atom. The zero-order valence-corrected chi connectivity index (χ0v) is 14.0. The molecule has 2 rings (SSSR count). The van der Waals surface area contributed by atoms with E-state index in [9.17, 15) is 0 Å². The van der Waals surface area contributed by atoms with Gasteiger partial charge in [0.2, 0.25) is 0 Å². The van der Waals surface area contributed by atoms with E-state index in [-0.39, 0.29) is 0 Å². The van der Waals surface area contributed by atoms with Crippen molar-refractivity contribution in [3.63, 3.8) is 0 Å². The molecule has 0 aromatic heterocycles. The smallest absolute Gasteiger partial charge is 0.119 e. The Labute approximate surface area is 142 Å². The quantitative estimate of drug-likeness (QED) is 0.659. The van der Waals surface area contributed by atoms with Crippen LogP contribution in [0.2, 0.25) is 5.02 Å². The summed E-state index contributed by atoms with van der Waals surface area (Å²) in [6, 6.07) is 15.2. The molecule has 0 atom stereocenters. The predicted octanol–water partition coefficient (Wildman–Crippen LogP) is 4.25. The first-order valence-corrected chi connectivity index (χ1v) is 8.08. The van der Waals surface area contributed by atoms with E-state index >= 15 is 0 Å². The van der Waals surface area contributed by atoms with Crippen molar-refractivity contribution in [3.05, 3.63) is 53.6 Å². The van der Waals surface area contributed by atoms with Crippen LogP contribution in [0.1, 0.15) is 6.92 Å². The lowest BCUT2D eigenvalue weighted by Crippen LogP contribution is -2.11. The molecule has 0 bridgehead atoms. The molecule has 2 aromatic rings. The SMILES string of the molecule is CCOCCOc1ccc(NCCOc2ccc(Cl)cc2)cc1. The molecule has 0 heterocycles. The summed E-state index contributed by atoms with van der Waals surface area (Å²) in [7, 11) is 0. The van der Waals surface area contributed by atoms with Gasteiger partial charge in [-0.1, -0.05) is 11.6 Å². The molecule has 5 heteroatoms. The summed E-state index contributed by atoms with van der Waals surface area (Å²) >= 11 is 5.83. The molecule has 0 spiro atoms. The molecular weight excluding hydrogens is 314 g/mol. The van der Waals surface area contributed by atoms with Gasteiger partial charge in [0.15, 0.2) is 0 Å². The number of halogens is 1. The van der Waals surface area contributed by atoms with Crippen molar-refractivity contribution in [1.82, 2.24) is 0 Å². The Kier molecular flexibility index (Phi) is 7.57. The molecule has 124 valence electrons. The van der Waals surface area contributed by atoms with Crippen LogP contribution >= 0.6 is 11.6 Å². The summed E-state index contributed by atoms with van der Waals surface area (Å²) < 4.78 is 16.4. The number of nitrogens with one attached hydrogen (secondary N) is 1. The highest BCUT2D eigenvalue weighted by Gasteiger charge is 1.97. The summed E-state index contributed by atoms with van der Waals surface area (Å²) in [4.78, 5) is 0. The van der Waals surface area contributed by atoms with E-state index in [4.69, 9.17) is 25.8 Å². The summed E-state index contributed by atoms with van der Waals surface area (Å²) in [6.45, 7) is 5.15. The van der Waals surface area contributed by atoms with Gasteiger partial charge in [0.05, 0.1) is 6.61 Å². The van der Waals surface area contributed by atoms with Crippen LogP contribution in [-0.2, 0) is 4.74 Å².